The molecule has 1 saturated heterocycles. The number of aldehydes is 1. The molecule has 0 spiro atoms. The minimum Gasteiger partial charge on any atom is -0.342 e. The quantitative estimate of drug-likeness (QED) is 0.592. The molecule has 13 heavy (non-hydrogen) atoms. The molecule has 72 valence electrons. The summed E-state index contributed by atoms with van der Waals surface area (Å²) in [6.45, 7) is 1.53. The van der Waals surface area contributed by atoms with Gasteiger partial charge in [-0.15, -0.1) is 0 Å². The lowest BCUT2D eigenvalue weighted by Gasteiger charge is -2.30. The number of likely N-dealkylation sites (tertiary alicyclic amines) is 1. The van der Waals surface area contributed by atoms with Crippen molar-refractivity contribution in [2.45, 2.75) is 25.7 Å². The Morgan fingerprint density at radius 2 is 2.08 bits per heavy atom. The average Bonchev–Trinajstić information content (AvgIpc) is 3.00. The molecule has 3 nitrogen and oxygen atoms in total. The Labute approximate surface area is 78.1 Å². The van der Waals surface area contributed by atoms with Crippen LogP contribution < -0.4 is 0 Å². The Bertz CT molecular complexity index is 223. The first-order valence-corrected chi connectivity index (χ1v) is 5.05. The van der Waals surface area contributed by atoms with Crippen LogP contribution in [0.15, 0.2) is 0 Å². The van der Waals surface area contributed by atoms with Gasteiger partial charge in [-0.05, 0) is 25.7 Å². The molecule has 1 heterocycles. The average molecular weight is 181 g/mol. The van der Waals surface area contributed by atoms with Crippen LogP contribution in [0.25, 0.3) is 0 Å². The van der Waals surface area contributed by atoms with E-state index >= 15 is 0 Å². The third-order valence-corrected chi connectivity index (χ3v) is 2.89. The normalized spacial score (nSPS) is 28.6. The summed E-state index contributed by atoms with van der Waals surface area (Å²) in [5.74, 6) is 0.674. The van der Waals surface area contributed by atoms with Crippen LogP contribution in [0.2, 0.25) is 0 Å². The maximum absolute atomic E-state index is 11.6. The maximum atomic E-state index is 11.6. The van der Waals surface area contributed by atoms with Crippen molar-refractivity contribution >= 4 is 12.2 Å². The van der Waals surface area contributed by atoms with Crippen LogP contribution in [0.3, 0.4) is 0 Å². The van der Waals surface area contributed by atoms with Crippen LogP contribution in [0.1, 0.15) is 25.7 Å². The van der Waals surface area contributed by atoms with Crippen LogP contribution in [-0.2, 0) is 9.59 Å². The highest BCUT2D eigenvalue weighted by Gasteiger charge is 2.35. The Kier molecular flexibility index (Phi) is 2.34. The third-order valence-electron chi connectivity index (χ3n) is 2.89. The molecule has 0 radical (unpaired) electrons. The summed E-state index contributed by atoms with van der Waals surface area (Å²) in [5, 5.41) is 0. The van der Waals surface area contributed by atoms with Crippen LogP contribution >= 0.6 is 0 Å². The van der Waals surface area contributed by atoms with E-state index in [-0.39, 0.29) is 11.8 Å². The number of piperidine rings is 1. The van der Waals surface area contributed by atoms with Crippen molar-refractivity contribution in [3.05, 3.63) is 0 Å². The van der Waals surface area contributed by atoms with Gasteiger partial charge < -0.3 is 9.69 Å². The number of nitrogens with zero attached hydrogens (tertiary/aromatic N) is 1. The van der Waals surface area contributed by atoms with Gasteiger partial charge in [0.1, 0.15) is 6.29 Å². The van der Waals surface area contributed by atoms with E-state index in [0.29, 0.717) is 12.5 Å². The Balaban J connectivity index is 1.90. The molecular weight excluding hydrogens is 166 g/mol. The van der Waals surface area contributed by atoms with Crippen molar-refractivity contribution in [2.24, 2.45) is 11.8 Å². The highest BCUT2D eigenvalue weighted by Crippen LogP contribution is 2.32. The first kappa shape index (κ1) is 8.73. The molecular formula is C10H15NO2. The maximum Gasteiger partial charge on any atom is 0.225 e. The number of amides is 1. The lowest BCUT2D eigenvalue weighted by molar-refractivity contribution is -0.134. The van der Waals surface area contributed by atoms with Gasteiger partial charge in [-0.2, -0.15) is 0 Å². The van der Waals surface area contributed by atoms with Gasteiger partial charge in [0.25, 0.3) is 0 Å². The molecule has 1 aliphatic heterocycles. The zero-order chi connectivity index (χ0) is 9.26. The van der Waals surface area contributed by atoms with Gasteiger partial charge in [0.05, 0.1) is 0 Å². The molecule has 1 atom stereocenters. The third kappa shape index (κ3) is 1.90. The van der Waals surface area contributed by atoms with Crippen molar-refractivity contribution in [3.63, 3.8) is 0 Å². The van der Waals surface area contributed by atoms with Gasteiger partial charge in [-0.25, -0.2) is 0 Å². The molecule has 0 aromatic carbocycles. The smallest absolute Gasteiger partial charge is 0.225 e. The molecule has 1 aliphatic carbocycles. The topological polar surface area (TPSA) is 37.4 Å². The molecule has 2 fully saturated rings. The van der Waals surface area contributed by atoms with Crippen molar-refractivity contribution < 1.29 is 9.59 Å². The van der Waals surface area contributed by atoms with Gasteiger partial charge in [0.2, 0.25) is 5.91 Å². The fraction of sp³-hybridized carbons (Fsp3) is 0.800. The van der Waals surface area contributed by atoms with Gasteiger partial charge in [-0.1, -0.05) is 0 Å². The standard InChI is InChI=1S/C10H15NO2/c12-7-8-2-1-5-11(6-8)10(13)9-3-4-9/h7-9H,1-6H2. The highest BCUT2D eigenvalue weighted by atomic mass is 16.2. The fourth-order valence-electron chi connectivity index (χ4n) is 1.91. The van der Waals surface area contributed by atoms with Gasteiger partial charge in [0.15, 0.2) is 0 Å². The van der Waals surface area contributed by atoms with E-state index in [1.54, 1.807) is 0 Å². The molecule has 1 amide bonds. The predicted octanol–water partition coefficient (Wildman–Crippen LogP) is 0.834. The van der Waals surface area contributed by atoms with Crippen LogP contribution in [-0.4, -0.2) is 30.2 Å². The molecule has 0 aromatic heterocycles. The molecule has 0 bridgehead atoms. The first-order valence-electron chi connectivity index (χ1n) is 5.05. The van der Waals surface area contributed by atoms with Crippen molar-refractivity contribution in [3.8, 4) is 0 Å². The predicted molar refractivity (Wildman–Crippen MR) is 48.1 cm³/mol. The number of carbonyl (C=O) groups excluding carboxylic acids is 2. The summed E-state index contributed by atoms with van der Waals surface area (Å²) in [7, 11) is 0. The highest BCUT2D eigenvalue weighted by molar-refractivity contribution is 5.81. The number of carbonyl (C=O) groups is 2. The van der Waals surface area contributed by atoms with Crippen LogP contribution in [0.4, 0.5) is 0 Å². The summed E-state index contributed by atoms with van der Waals surface area (Å²) in [4.78, 5) is 24.1. The lowest BCUT2D eigenvalue weighted by atomic mass is 9.99. The summed E-state index contributed by atoms with van der Waals surface area (Å²) >= 11 is 0. The van der Waals surface area contributed by atoms with E-state index in [4.69, 9.17) is 0 Å². The minimum atomic E-state index is 0.0939. The summed E-state index contributed by atoms with van der Waals surface area (Å²) < 4.78 is 0. The monoisotopic (exact) mass is 181 g/mol. The molecule has 0 N–H and O–H groups in total. The Hall–Kier alpha value is -0.860. The van der Waals surface area contributed by atoms with E-state index in [1.807, 2.05) is 4.90 Å². The van der Waals surface area contributed by atoms with E-state index in [1.165, 1.54) is 0 Å². The second kappa shape index (κ2) is 3.48. The van der Waals surface area contributed by atoms with Crippen LogP contribution in [0.5, 0.6) is 0 Å². The lowest BCUT2D eigenvalue weighted by Crippen LogP contribution is -2.41. The zero-order valence-electron chi connectivity index (χ0n) is 7.74. The summed E-state index contributed by atoms with van der Waals surface area (Å²) in [6, 6.07) is 0. The van der Waals surface area contributed by atoms with E-state index in [0.717, 1.165) is 38.5 Å². The van der Waals surface area contributed by atoms with Crippen molar-refractivity contribution in [1.82, 2.24) is 4.90 Å². The fourth-order valence-corrected chi connectivity index (χ4v) is 1.91. The molecule has 3 heteroatoms. The molecule has 1 saturated carbocycles. The van der Waals surface area contributed by atoms with Crippen molar-refractivity contribution in [2.75, 3.05) is 13.1 Å². The molecule has 2 aliphatic rings. The summed E-state index contributed by atoms with van der Waals surface area (Å²) in [5.41, 5.74) is 0. The minimum absolute atomic E-state index is 0.0939. The number of hydrogen-bond donors (Lipinski definition) is 0. The molecule has 2 rings (SSSR count). The SMILES string of the molecule is O=CC1CCCN(C(=O)C2CC2)C1. The van der Waals surface area contributed by atoms with Gasteiger partial charge in [-0.3, -0.25) is 4.79 Å². The van der Waals surface area contributed by atoms with E-state index in [9.17, 15) is 9.59 Å². The largest absolute Gasteiger partial charge is 0.342 e. The Morgan fingerprint density at radius 3 is 2.69 bits per heavy atom. The van der Waals surface area contributed by atoms with E-state index < -0.39 is 0 Å². The number of hydrogen-bond acceptors (Lipinski definition) is 2. The summed E-state index contributed by atoms with van der Waals surface area (Å²) in [6.07, 6.45) is 5.05. The van der Waals surface area contributed by atoms with E-state index in [2.05, 4.69) is 0 Å². The second-order valence-corrected chi connectivity index (χ2v) is 4.10. The van der Waals surface area contributed by atoms with Crippen molar-refractivity contribution in [1.29, 1.82) is 0 Å². The Morgan fingerprint density at radius 1 is 1.31 bits per heavy atom. The first-order chi connectivity index (χ1) is 6.31. The number of rotatable bonds is 2. The van der Waals surface area contributed by atoms with Gasteiger partial charge >= 0.3 is 0 Å². The zero-order valence-corrected chi connectivity index (χ0v) is 7.74. The van der Waals surface area contributed by atoms with Crippen LogP contribution in [0, 0.1) is 11.8 Å². The molecule has 0 aromatic rings. The second-order valence-electron chi connectivity index (χ2n) is 4.10. The van der Waals surface area contributed by atoms with Gasteiger partial charge in [0, 0.05) is 24.9 Å². The molecule has 1 unspecified atom stereocenters.